The molecule has 0 saturated heterocycles. The molecule has 3 aromatic carbocycles. The lowest BCUT2D eigenvalue weighted by atomic mass is 9.84. The van der Waals surface area contributed by atoms with Crippen molar-refractivity contribution in [2.45, 2.75) is 69.9 Å². The fourth-order valence-corrected chi connectivity index (χ4v) is 10.3. The average Bonchev–Trinajstić information content (AvgIpc) is 2.79. The molecule has 158 valence electrons. The van der Waals surface area contributed by atoms with Gasteiger partial charge in [0.05, 0.1) is 5.16 Å². The van der Waals surface area contributed by atoms with Crippen molar-refractivity contribution in [2.75, 3.05) is 0 Å². The Labute approximate surface area is 185 Å². The zero-order valence-corrected chi connectivity index (χ0v) is 20.4. The van der Waals surface area contributed by atoms with Crippen molar-refractivity contribution in [1.29, 1.82) is 0 Å². The van der Waals surface area contributed by atoms with Gasteiger partial charge >= 0.3 is 0 Å². The largest absolute Gasteiger partial charge is 0.0747 e. The molecule has 0 saturated carbocycles. The van der Waals surface area contributed by atoms with Gasteiger partial charge in [0.25, 0.3) is 0 Å². The Hall–Kier alpha value is -1.91. The predicted octanol–water partition coefficient (Wildman–Crippen LogP) is 8.84. The zero-order valence-electron chi connectivity index (χ0n) is 19.5. The third-order valence-corrected chi connectivity index (χ3v) is 11.4. The van der Waals surface area contributed by atoms with Crippen molar-refractivity contribution in [3.05, 3.63) is 108 Å². The molecular weight excluding hydrogens is 379 g/mol. The Morgan fingerprint density at radius 2 is 0.767 bits per heavy atom. The summed E-state index contributed by atoms with van der Waals surface area (Å²) >= 11 is 0. The smallest absolute Gasteiger partial charge is 0.0658 e. The summed E-state index contributed by atoms with van der Waals surface area (Å²) in [5, 5.41) is 0.241. The number of hydrogen-bond donors (Lipinski definition) is 0. The molecule has 0 aromatic heterocycles. The van der Waals surface area contributed by atoms with Crippen LogP contribution in [0.5, 0.6) is 0 Å². The lowest BCUT2D eigenvalue weighted by Crippen LogP contribution is -2.42. The molecule has 0 heterocycles. The van der Waals surface area contributed by atoms with Gasteiger partial charge in [0, 0.05) is 0 Å². The predicted molar refractivity (Wildman–Crippen MR) is 135 cm³/mol. The second-order valence-electron chi connectivity index (χ2n) is 9.48. The third kappa shape index (κ3) is 4.00. The van der Waals surface area contributed by atoms with E-state index < -0.39 is 7.92 Å². The summed E-state index contributed by atoms with van der Waals surface area (Å²) in [4.78, 5) is 0. The minimum Gasteiger partial charge on any atom is -0.0747 e. The maximum Gasteiger partial charge on any atom is 0.0658 e. The number of hydrogen-bond acceptors (Lipinski definition) is 0. The van der Waals surface area contributed by atoms with Gasteiger partial charge in [-0.2, -0.15) is 0 Å². The maximum absolute atomic E-state index is 2.50. The second-order valence-corrected chi connectivity index (χ2v) is 13.2. The summed E-state index contributed by atoms with van der Waals surface area (Å²) in [6.45, 7) is 14.7. The summed E-state index contributed by atoms with van der Waals surface area (Å²) in [6, 6.07) is 33.8. The second kappa shape index (κ2) is 9.07. The van der Waals surface area contributed by atoms with E-state index in [9.17, 15) is 0 Å². The maximum atomic E-state index is 2.50. The van der Waals surface area contributed by atoms with Gasteiger partial charge in [0.1, 0.15) is 0 Å². The van der Waals surface area contributed by atoms with Crippen LogP contribution in [-0.2, 0) is 5.16 Å². The minimum atomic E-state index is -0.524. The normalized spacial score (nSPS) is 12.9. The van der Waals surface area contributed by atoms with Crippen molar-refractivity contribution in [2.24, 2.45) is 0 Å². The number of benzene rings is 3. The van der Waals surface area contributed by atoms with Crippen LogP contribution in [0.4, 0.5) is 0 Å². The molecule has 0 aliphatic carbocycles. The van der Waals surface area contributed by atoms with Crippen LogP contribution in [0.15, 0.2) is 91.0 Å². The van der Waals surface area contributed by atoms with Gasteiger partial charge in [0.15, 0.2) is 0 Å². The SMILES string of the molecule is CCC(C)(C)P(C(C)(C)CC)C(c1ccccc1)(c1ccccc1)c1ccccc1. The standard InChI is InChI=1S/C29H37P/c1-7-27(3,4)30(28(5,6)8-2)29(24-18-12-9-13-19-24,25-20-14-10-15-21-25)26-22-16-11-17-23-26/h9-23H,7-8H2,1-6H3. The topological polar surface area (TPSA) is 0 Å². The highest BCUT2D eigenvalue weighted by molar-refractivity contribution is 7.62. The van der Waals surface area contributed by atoms with Gasteiger partial charge in [-0.3, -0.25) is 0 Å². The van der Waals surface area contributed by atoms with Gasteiger partial charge in [-0.15, -0.1) is 0 Å². The fraction of sp³-hybridized carbons (Fsp3) is 0.379. The molecule has 30 heavy (non-hydrogen) atoms. The van der Waals surface area contributed by atoms with Crippen molar-refractivity contribution in [1.82, 2.24) is 0 Å². The van der Waals surface area contributed by atoms with E-state index in [1.165, 1.54) is 16.7 Å². The van der Waals surface area contributed by atoms with Crippen LogP contribution in [0.1, 0.15) is 71.1 Å². The summed E-state index contributed by atoms with van der Waals surface area (Å²) in [5.74, 6) is 0. The zero-order chi connectivity index (χ0) is 21.8. The molecule has 0 spiro atoms. The molecule has 3 rings (SSSR count). The van der Waals surface area contributed by atoms with Crippen molar-refractivity contribution < 1.29 is 0 Å². The molecule has 0 unspecified atom stereocenters. The number of rotatable bonds is 8. The summed E-state index contributed by atoms with van der Waals surface area (Å²) in [5.41, 5.74) is 4.24. The first kappa shape index (κ1) is 22.8. The van der Waals surface area contributed by atoms with Crippen LogP contribution < -0.4 is 0 Å². The molecule has 0 N–H and O–H groups in total. The van der Waals surface area contributed by atoms with E-state index in [1.807, 2.05) is 0 Å². The first-order chi connectivity index (χ1) is 14.3. The van der Waals surface area contributed by atoms with Crippen LogP contribution in [0.25, 0.3) is 0 Å². The monoisotopic (exact) mass is 416 g/mol. The van der Waals surface area contributed by atoms with Crippen molar-refractivity contribution in [3.8, 4) is 0 Å². The Kier molecular flexibility index (Phi) is 6.88. The Balaban J connectivity index is 2.53. The van der Waals surface area contributed by atoms with Crippen LogP contribution >= 0.6 is 7.92 Å². The molecule has 1 heteroatoms. The van der Waals surface area contributed by atoms with E-state index in [2.05, 4.69) is 133 Å². The first-order valence-electron chi connectivity index (χ1n) is 11.3. The van der Waals surface area contributed by atoms with Crippen molar-refractivity contribution >= 4 is 7.92 Å². The van der Waals surface area contributed by atoms with Crippen LogP contribution in [0, 0.1) is 0 Å². The quantitative estimate of drug-likeness (QED) is 0.254. The fourth-order valence-electron chi connectivity index (χ4n) is 4.97. The van der Waals surface area contributed by atoms with Gasteiger partial charge in [-0.1, -0.05) is 140 Å². The van der Waals surface area contributed by atoms with Gasteiger partial charge < -0.3 is 0 Å². The van der Waals surface area contributed by atoms with E-state index in [4.69, 9.17) is 0 Å². The third-order valence-electron chi connectivity index (χ3n) is 6.85. The van der Waals surface area contributed by atoms with Crippen LogP contribution in [0.3, 0.4) is 0 Å². The molecule has 0 radical (unpaired) electrons. The Morgan fingerprint density at radius 3 is 1.00 bits per heavy atom. The highest BCUT2D eigenvalue weighted by atomic mass is 31.1. The highest BCUT2D eigenvalue weighted by Gasteiger charge is 2.54. The molecule has 0 fully saturated rings. The molecular formula is C29H37P. The van der Waals surface area contributed by atoms with E-state index in [1.54, 1.807) is 0 Å². The molecule has 0 atom stereocenters. The van der Waals surface area contributed by atoms with E-state index in [-0.39, 0.29) is 15.5 Å². The highest BCUT2D eigenvalue weighted by Crippen LogP contribution is 2.76. The lowest BCUT2D eigenvalue weighted by Gasteiger charge is -2.56. The van der Waals surface area contributed by atoms with Crippen LogP contribution in [0.2, 0.25) is 0 Å². The summed E-state index contributed by atoms with van der Waals surface area (Å²) < 4.78 is 0. The summed E-state index contributed by atoms with van der Waals surface area (Å²) in [7, 11) is -0.524. The van der Waals surface area contributed by atoms with E-state index in [0.717, 1.165) is 12.8 Å². The average molecular weight is 417 g/mol. The Morgan fingerprint density at radius 1 is 0.500 bits per heavy atom. The minimum absolute atomic E-state index is 0.169. The molecule has 0 amide bonds. The molecule has 0 nitrogen and oxygen atoms in total. The van der Waals surface area contributed by atoms with Gasteiger partial charge in [-0.05, 0) is 39.8 Å². The van der Waals surface area contributed by atoms with Gasteiger partial charge in [0.2, 0.25) is 0 Å². The Bertz CT molecular complexity index is 798. The first-order valence-corrected chi connectivity index (χ1v) is 12.6. The van der Waals surface area contributed by atoms with Crippen molar-refractivity contribution in [3.63, 3.8) is 0 Å². The molecule has 0 bridgehead atoms. The van der Waals surface area contributed by atoms with Gasteiger partial charge in [-0.25, -0.2) is 0 Å². The summed E-state index contributed by atoms with van der Waals surface area (Å²) in [6.07, 6.45) is 2.33. The van der Waals surface area contributed by atoms with E-state index in [0.29, 0.717) is 0 Å². The molecule has 0 aliphatic rings. The van der Waals surface area contributed by atoms with Crippen LogP contribution in [-0.4, -0.2) is 10.3 Å². The molecule has 0 aliphatic heterocycles. The lowest BCUT2D eigenvalue weighted by molar-refractivity contribution is 0.580. The van der Waals surface area contributed by atoms with E-state index >= 15 is 0 Å². The molecule has 3 aromatic rings.